The molecule has 0 saturated carbocycles. The van der Waals surface area contributed by atoms with Gasteiger partial charge in [0.25, 0.3) is 5.91 Å². The van der Waals surface area contributed by atoms with Crippen molar-refractivity contribution < 1.29 is 14.3 Å². The van der Waals surface area contributed by atoms with Crippen molar-refractivity contribution in [1.29, 1.82) is 0 Å². The third kappa shape index (κ3) is 4.48. The summed E-state index contributed by atoms with van der Waals surface area (Å²) in [7, 11) is 0. The largest absolute Gasteiger partial charge is 0.376 e. The Hall–Kier alpha value is -1.14. The van der Waals surface area contributed by atoms with Gasteiger partial charge >= 0.3 is 0 Å². The molecule has 2 heterocycles. The minimum Gasteiger partial charge on any atom is -0.376 e. The van der Waals surface area contributed by atoms with Crippen molar-refractivity contribution in [1.82, 2.24) is 9.80 Å². The highest BCUT2D eigenvalue weighted by molar-refractivity contribution is 6.31. The lowest BCUT2D eigenvalue weighted by atomic mass is 10.1. The first kappa shape index (κ1) is 17.7. The molecule has 0 N–H and O–H groups in total. The van der Waals surface area contributed by atoms with E-state index in [1.165, 1.54) is 0 Å². The molecule has 0 radical (unpaired) electrons. The highest BCUT2D eigenvalue weighted by Crippen LogP contribution is 2.18. The van der Waals surface area contributed by atoms with E-state index in [-0.39, 0.29) is 12.0 Å². The second-order valence-electron chi connectivity index (χ2n) is 6.47. The SMILES string of the molecule is Cc1ccc(Cl)cc1C(=O)N1CCCN(CC2COCCO2)CC1. The summed E-state index contributed by atoms with van der Waals surface area (Å²) in [6.45, 7) is 8.23. The van der Waals surface area contributed by atoms with Crippen LogP contribution < -0.4 is 0 Å². The fourth-order valence-corrected chi connectivity index (χ4v) is 3.45. The van der Waals surface area contributed by atoms with Crippen LogP contribution >= 0.6 is 11.6 Å². The van der Waals surface area contributed by atoms with Crippen molar-refractivity contribution in [2.24, 2.45) is 0 Å². The van der Waals surface area contributed by atoms with Gasteiger partial charge in [-0.05, 0) is 37.6 Å². The van der Waals surface area contributed by atoms with Crippen LogP contribution in [0.1, 0.15) is 22.3 Å². The molecule has 2 aliphatic heterocycles. The Morgan fingerprint density at radius 3 is 2.92 bits per heavy atom. The first-order valence-electron chi connectivity index (χ1n) is 8.60. The van der Waals surface area contributed by atoms with Gasteiger partial charge in [0, 0.05) is 36.8 Å². The molecule has 0 spiro atoms. The van der Waals surface area contributed by atoms with Crippen LogP contribution in [-0.4, -0.2) is 74.4 Å². The quantitative estimate of drug-likeness (QED) is 0.836. The van der Waals surface area contributed by atoms with Crippen molar-refractivity contribution >= 4 is 17.5 Å². The first-order chi connectivity index (χ1) is 11.6. The van der Waals surface area contributed by atoms with Gasteiger partial charge in [0.15, 0.2) is 0 Å². The van der Waals surface area contributed by atoms with E-state index in [0.717, 1.165) is 44.7 Å². The van der Waals surface area contributed by atoms with Gasteiger partial charge < -0.3 is 14.4 Å². The molecule has 0 aromatic heterocycles. The third-order valence-corrected chi connectivity index (χ3v) is 4.89. The zero-order valence-corrected chi connectivity index (χ0v) is 14.9. The van der Waals surface area contributed by atoms with E-state index in [1.54, 1.807) is 6.07 Å². The Morgan fingerprint density at radius 2 is 2.12 bits per heavy atom. The summed E-state index contributed by atoms with van der Waals surface area (Å²) in [5.41, 5.74) is 1.68. The van der Waals surface area contributed by atoms with Gasteiger partial charge in [-0.3, -0.25) is 9.69 Å². The normalized spacial score (nSPS) is 23.1. The second kappa shape index (κ2) is 8.30. The number of aryl methyl sites for hydroxylation is 1. The summed E-state index contributed by atoms with van der Waals surface area (Å²) < 4.78 is 11.2. The van der Waals surface area contributed by atoms with Crippen LogP contribution in [0.25, 0.3) is 0 Å². The maximum Gasteiger partial charge on any atom is 0.254 e. The zero-order valence-electron chi connectivity index (χ0n) is 14.2. The van der Waals surface area contributed by atoms with Crippen LogP contribution in [0.5, 0.6) is 0 Å². The molecule has 1 atom stereocenters. The third-order valence-electron chi connectivity index (χ3n) is 4.65. The molecule has 0 bridgehead atoms. The topological polar surface area (TPSA) is 42.0 Å². The lowest BCUT2D eigenvalue weighted by Gasteiger charge is -2.29. The smallest absolute Gasteiger partial charge is 0.254 e. The predicted molar refractivity (Wildman–Crippen MR) is 93.7 cm³/mol. The second-order valence-corrected chi connectivity index (χ2v) is 6.91. The van der Waals surface area contributed by atoms with Crippen LogP contribution in [0.2, 0.25) is 5.02 Å². The molecule has 5 nitrogen and oxygen atoms in total. The van der Waals surface area contributed by atoms with E-state index >= 15 is 0 Å². The number of benzene rings is 1. The molecule has 0 aliphatic carbocycles. The Kier molecular flexibility index (Phi) is 6.11. The maximum atomic E-state index is 12.8. The summed E-state index contributed by atoms with van der Waals surface area (Å²) in [5.74, 6) is 0.0779. The van der Waals surface area contributed by atoms with E-state index in [2.05, 4.69) is 4.90 Å². The van der Waals surface area contributed by atoms with Crippen LogP contribution in [-0.2, 0) is 9.47 Å². The molecular formula is C18H25ClN2O3. The van der Waals surface area contributed by atoms with E-state index in [4.69, 9.17) is 21.1 Å². The molecular weight excluding hydrogens is 328 g/mol. The molecule has 2 aliphatic rings. The molecule has 2 fully saturated rings. The molecule has 24 heavy (non-hydrogen) atoms. The van der Waals surface area contributed by atoms with Crippen LogP contribution in [0.3, 0.4) is 0 Å². The van der Waals surface area contributed by atoms with E-state index in [1.807, 2.05) is 24.0 Å². The fourth-order valence-electron chi connectivity index (χ4n) is 3.28. The average Bonchev–Trinajstić information content (AvgIpc) is 2.83. The van der Waals surface area contributed by atoms with Crippen molar-refractivity contribution in [3.05, 3.63) is 34.3 Å². The fraction of sp³-hybridized carbons (Fsp3) is 0.611. The van der Waals surface area contributed by atoms with Gasteiger partial charge in [0.05, 0.1) is 25.9 Å². The average molecular weight is 353 g/mol. The highest BCUT2D eigenvalue weighted by atomic mass is 35.5. The number of hydrogen-bond acceptors (Lipinski definition) is 4. The highest BCUT2D eigenvalue weighted by Gasteiger charge is 2.24. The molecule has 1 amide bonds. The Bertz CT molecular complexity index is 575. The van der Waals surface area contributed by atoms with E-state index < -0.39 is 0 Å². The first-order valence-corrected chi connectivity index (χ1v) is 8.98. The lowest BCUT2D eigenvalue weighted by Crippen LogP contribution is -2.42. The van der Waals surface area contributed by atoms with E-state index in [0.29, 0.717) is 30.4 Å². The molecule has 3 rings (SSSR count). The van der Waals surface area contributed by atoms with Gasteiger partial charge in [-0.1, -0.05) is 17.7 Å². The number of rotatable bonds is 3. The van der Waals surface area contributed by atoms with E-state index in [9.17, 15) is 4.79 Å². The number of amides is 1. The molecule has 1 unspecified atom stereocenters. The Balaban J connectivity index is 1.58. The molecule has 132 valence electrons. The number of carbonyl (C=O) groups is 1. The van der Waals surface area contributed by atoms with Crippen molar-refractivity contribution in [2.45, 2.75) is 19.4 Å². The molecule has 6 heteroatoms. The van der Waals surface area contributed by atoms with Gasteiger partial charge in [-0.2, -0.15) is 0 Å². The van der Waals surface area contributed by atoms with Gasteiger partial charge in [-0.15, -0.1) is 0 Å². The Morgan fingerprint density at radius 1 is 1.25 bits per heavy atom. The summed E-state index contributed by atoms with van der Waals surface area (Å²) in [5, 5.41) is 0.606. The van der Waals surface area contributed by atoms with Crippen molar-refractivity contribution in [3.8, 4) is 0 Å². The maximum absolute atomic E-state index is 12.8. The number of ether oxygens (including phenoxy) is 2. The summed E-state index contributed by atoms with van der Waals surface area (Å²) in [4.78, 5) is 17.1. The minimum atomic E-state index is 0.0779. The molecule has 2 saturated heterocycles. The minimum absolute atomic E-state index is 0.0779. The summed E-state index contributed by atoms with van der Waals surface area (Å²) >= 11 is 6.06. The number of carbonyl (C=O) groups excluding carboxylic acids is 1. The van der Waals surface area contributed by atoms with Crippen molar-refractivity contribution in [3.63, 3.8) is 0 Å². The number of nitrogens with zero attached hydrogens (tertiary/aromatic N) is 2. The Labute approximate surface area is 148 Å². The lowest BCUT2D eigenvalue weighted by molar-refractivity contribution is -0.0971. The predicted octanol–water partition coefficient (Wildman–Crippen LogP) is 2.21. The standard InChI is InChI=1S/C18H25ClN2O3/c1-14-3-4-15(19)11-17(14)18(22)21-6-2-5-20(7-8-21)12-16-13-23-9-10-24-16/h3-4,11,16H,2,5-10,12-13H2,1H3. The van der Waals surface area contributed by atoms with Crippen molar-refractivity contribution in [2.75, 3.05) is 52.5 Å². The monoisotopic (exact) mass is 352 g/mol. The van der Waals surface area contributed by atoms with Crippen LogP contribution in [0.15, 0.2) is 18.2 Å². The molecule has 1 aromatic carbocycles. The van der Waals surface area contributed by atoms with Gasteiger partial charge in [0.1, 0.15) is 0 Å². The zero-order chi connectivity index (χ0) is 16.9. The number of hydrogen-bond donors (Lipinski definition) is 0. The van der Waals surface area contributed by atoms with Crippen LogP contribution in [0, 0.1) is 6.92 Å². The van der Waals surface area contributed by atoms with Crippen LogP contribution in [0.4, 0.5) is 0 Å². The van der Waals surface area contributed by atoms with Gasteiger partial charge in [-0.25, -0.2) is 0 Å². The summed E-state index contributed by atoms with van der Waals surface area (Å²) in [6, 6.07) is 5.50. The molecule has 1 aromatic rings. The summed E-state index contributed by atoms with van der Waals surface area (Å²) in [6.07, 6.45) is 1.12. The number of halogens is 1. The van der Waals surface area contributed by atoms with Gasteiger partial charge in [0.2, 0.25) is 0 Å².